The molecule has 7 heteroatoms. The molecule has 2 aliphatic rings. The first-order valence-corrected chi connectivity index (χ1v) is 7.96. The minimum atomic E-state index is -3.40. The molecule has 0 aliphatic carbocycles. The summed E-state index contributed by atoms with van der Waals surface area (Å²) in [5, 5.41) is 0. The molecule has 2 rings (SSSR count). The molecule has 2 N–H and O–H groups in total. The van der Waals surface area contributed by atoms with Crippen molar-refractivity contribution in [1.29, 1.82) is 0 Å². The number of nitrogens with zero attached hydrogens (tertiary/aromatic N) is 2. The molecule has 18 heavy (non-hydrogen) atoms. The summed E-state index contributed by atoms with van der Waals surface area (Å²) >= 11 is 0. The summed E-state index contributed by atoms with van der Waals surface area (Å²) in [5.74, 6) is 0. The molecular weight excluding hydrogens is 254 g/mol. The predicted octanol–water partition coefficient (Wildman–Crippen LogP) is -0.236. The van der Waals surface area contributed by atoms with Crippen LogP contribution in [0.25, 0.3) is 0 Å². The van der Waals surface area contributed by atoms with E-state index in [-0.39, 0.29) is 18.2 Å². The van der Waals surface area contributed by atoms with E-state index in [0.29, 0.717) is 26.2 Å². The summed E-state index contributed by atoms with van der Waals surface area (Å²) < 4.78 is 33.9. The highest BCUT2D eigenvalue weighted by Gasteiger charge is 2.41. The van der Waals surface area contributed by atoms with Gasteiger partial charge >= 0.3 is 0 Å². The fourth-order valence-electron chi connectivity index (χ4n) is 2.68. The molecule has 2 heterocycles. The molecule has 106 valence electrons. The quantitative estimate of drug-likeness (QED) is 0.773. The number of ether oxygens (including phenoxy) is 1. The summed E-state index contributed by atoms with van der Waals surface area (Å²) in [4.78, 5) is 0. The highest BCUT2D eigenvalue weighted by atomic mass is 32.2. The van der Waals surface area contributed by atoms with E-state index in [4.69, 9.17) is 10.5 Å². The van der Waals surface area contributed by atoms with Gasteiger partial charge in [-0.3, -0.25) is 0 Å². The topological polar surface area (TPSA) is 75.9 Å². The van der Waals surface area contributed by atoms with Crippen LogP contribution in [0.2, 0.25) is 0 Å². The van der Waals surface area contributed by atoms with Crippen molar-refractivity contribution >= 4 is 10.2 Å². The standard InChI is InChI=1S/C11H23N3O3S/c1-9-8-17-10(2)7-14(9)18(15,16)13-5-3-4-11(13)6-12/h9-11H,3-8,12H2,1-2H3/t9-,10-,11-/m1/s1. The molecule has 2 saturated heterocycles. The van der Waals surface area contributed by atoms with Gasteiger partial charge in [-0.1, -0.05) is 0 Å². The van der Waals surface area contributed by atoms with Crippen molar-refractivity contribution in [1.82, 2.24) is 8.61 Å². The van der Waals surface area contributed by atoms with Crippen molar-refractivity contribution in [2.45, 2.75) is 44.9 Å². The molecular formula is C11H23N3O3S. The Balaban J connectivity index is 2.19. The van der Waals surface area contributed by atoms with Gasteiger partial charge in [-0.25, -0.2) is 0 Å². The molecule has 0 radical (unpaired) electrons. The normalized spacial score (nSPS) is 36.1. The van der Waals surface area contributed by atoms with Crippen LogP contribution in [0.5, 0.6) is 0 Å². The minimum Gasteiger partial charge on any atom is -0.375 e. The van der Waals surface area contributed by atoms with Gasteiger partial charge in [0, 0.05) is 31.7 Å². The van der Waals surface area contributed by atoms with E-state index in [9.17, 15) is 8.42 Å². The molecule has 2 aliphatic heterocycles. The van der Waals surface area contributed by atoms with Crippen molar-refractivity contribution in [2.75, 3.05) is 26.2 Å². The third-order valence-corrected chi connectivity index (χ3v) is 5.91. The van der Waals surface area contributed by atoms with Crippen molar-refractivity contribution in [3.8, 4) is 0 Å². The second-order valence-electron chi connectivity index (χ2n) is 5.21. The van der Waals surface area contributed by atoms with Crippen molar-refractivity contribution in [3.05, 3.63) is 0 Å². The smallest absolute Gasteiger partial charge is 0.282 e. The zero-order valence-corrected chi connectivity index (χ0v) is 11.9. The number of morpholine rings is 1. The Labute approximate surface area is 109 Å². The Morgan fingerprint density at radius 1 is 1.33 bits per heavy atom. The van der Waals surface area contributed by atoms with Gasteiger partial charge in [0.05, 0.1) is 12.7 Å². The molecule has 0 bridgehead atoms. The first-order chi connectivity index (χ1) is 8.46. The van der Waals surface area contributed by atoms with Crippen LogP contribution in [-0.2, 0) is 14.9 Å². The number of nitrogens with two attached hydrogens (primary N) is 1. The zero-order valence-electron chi connectivity index (χ0n) is 11.1. The van der Waals surface area contributed by atoms with Crippen molar-refractivity contribution in [2.24, 2.45) is 5.73 Å². The maximum atomic E-state index is 12.7. The molecule has 0 unspecified atom stereocenters. The van der Waals surface area contributed by atoms with Crippen molar-refractivity contribution in [3.63, 3.8) is 0 Å². The Hall–Kier alpha value is -0.210. The van der Waals surface area contributed by atoms with Crippen molar-refractivity contribution < 1.29 is 13.2 Å². The Bertz CT molecular complexity index is 387. The molecule has 0 spiro atoms. The Kier molecular flexibility index (Phi) is 4.28. The van der Waals surface area contributed by atoms with E-state index in [2.05, 4.69) is 0 Å². The first-order valence-electron chi connectivity index (χ1n) is 6.57. The molecule has 0 aromatic heterocycles. The van der Waals surface area contributed by atoms with Crippen LogP contribution in [0, 0.1) is 0 Å². The second-order valence-corrected chi connectivity index (χ2v) is 7.05. The van der Waals surface area contributed by atoms with Gasteiger partial charge < -0.3 is 10.5 Å². The van der Waals surface area contributed by atoms with E-state index in [1.54, 1.807) is 8.61 Å². The number of rotatable bonds is 3. The molecule has 3 atom stereocenters. The van der Waals surface area contributed by atoms with Gasteiger partial charge in [0.25, 0.3) is 10.2 Å². The van der Waals surface area contributed by atoms with Gasteiger partial charge in [-0.2, -0.15) is 17.0 Å². The highest BCUT2D eigenvalue weighted by Crippen LogP contribution is 2.25. The average Bonchev–Trinajstić information content (AvgIpc) is 2.81. The lowest BCUT2D eigenvalue weighted by atomic mass is 10.2. The summed E-state index contributed by atoms with van der Waals surface area (Å²) in [7, 11) is -3.40. The largest absolute Gasteiger partial charge is 0.375 e. The van der Waals surface area contributed by atoms with Gasteiger partial charge in [0.15, 0.2) is 0 Å². The van der Waals surface area contributed by atoms with Crippen LogP contribution < -0.4 is 5.73 Å². The Morgan fingerprint density at radius 3 is 2.72 bits per heavy atom. The maximum absolute atomic E-state index is 12.7. The van der Waals surface area contributed by atoms with E-state index < -0.39 is 10.2 Å². The van der Waals surface area contributed by atoms with Gasteiger partial charge in [-0.15, -0.1) is 0 Å². The van der Waals surface area contributed by atoms with Crippen LogP contribution in [0.3, 0.4) is 0 Å². The van der Waals surface area contributed by atoms with E-state index >= 15 is 0 Å². The van der Waals surface area contributed by atoms with E-state index in [0.717, 1.165) is 12.8 Å². The van der Waals surface area contributed by atoms with Crippen LogP contribution in [-0.4, -0.2) is 61.5 Å². The highest BCUT2D eigenvalue weighted by molar-refractivity contribution is 7.86. The minimum absolute atomic E-state index is 0.0413. The van der Waals surface area contributed by atoms with Gasteiger partial charge in [0.1, 0.15) is 0 Å². The summed E-state index contributed by atoms with van der Waals surface area (Å²) in [6.07, 6.45) is 1.72. The van der Waals surface area contributed by atoms with Crippen LogP contribution in [0.1, 0.15) is 26.7 Å². The zero-order chi connectivity index (χ0) is 13.3. The first kappa shape index (κ1) is 14.2. The molecule has 0 amide bonds. The average molecular weight is 277 g/mol. The van der Waals surface area contributed by atoms with Gasteiger partial charge in [0.2, 0.25) is 0 Å². The molecule has 0 aromatic rings. The SMILES string of the molecule is C[C@@H]1CN(S(=O)(=O)N2CCC[C@@H]2CN)[C@H](C)CO1. The number of hydrogen-bond donors (Lipinski definition) is 1. The maximum Gasteiger partial charge on any atom is 0.282 e. The molecule has 0 aromatic carbocycles. The lowest BCUT2D eigenvalue weighted by molar-refractivity contribution is -0.0191. The van der Waals surface area contributed by atoms with E-state index in [1.165, 1.54) is 0 Å². The van der Waals surface area contributed by atoms with Crippen LogP contribution >= 0.6 is 0 Å². The lowest BCUT2D eigenvalue weighted by Crippen LogP contribution is -2.56. The van der Waals surface area contributed by atoms with Gasteiger partial charge in [-0.05, 0) is 26.7 Å². The molecule has 6 nitrogen and oxygen atoms in total. The summed E-state index contributed by atoms with van der Waals surface area (Å²) in [6, 6.07) is -0.148. The third-order valence-electron chi connectivity index (χ3n) is 3.74. The summed E-state index contributed by atoms with van der Waals surface area (Å²) in [6.45, 7) is 5.66. The predicted molar refractivity (Wildman–Crippen MR) is 69.3 cm³/mol. The fourth-order valence-corrected chi connectivity index (χ4v) is 4.79. The fraction of sp³-hybridized carbons (Fsp3) is 1.00. The molecule has 2 fully saturated rings. The Morgan fingerprint density at radius 2 is 2.06 bits per heavy atom. The number of hydrogen-bond acceptors (Lipinski definition) is 4. The van der Waals surface area contributed by atoms with E-state index in [1.807, 2.05) is 13.8 Å². The van der Waals surface area contributed by atoms with Crippen LogP contribution in [0.15, 0.2) is 0 Å². The lowest BCUT2D eigenvalue weighted by Gasteiger charge is -2.39. The van der Waals surface area contributed by atoms with Crippen LogP contribution in [0.4, 0.5) is 0 Å². The monoisotopic (exact) mass is 277 g/mol. The second kappa shape index (κ2) is 5.42. The third kappa shape index (κ3) is 2.55. The molecule has 0 saturated carbocycles. The summed E-state index contributed by atoms with van der Waals surface area (Å²) in [5.41, 5.74) is 5.66.